The van der Waals surface area contributed by atoms with Crippen molar-refractivity contribution in [3.05, 3.63) is 11.3 Å². The van der Waals surface area contributed by atoms with E-state index in [4.69, 9.17) is 0 Å². The van der Waals surface area contributed by atoms with E-state index in [0.717, 1.165) is 6.54 Å². The Bertz CT molecular complexity index is 112. The highest BCUT2D eigenvalue weighted by atomic mass is 15.5. The van der Waals surface area contributed by atoms with Crippen LogP contribution in [0.25, 0.3) is 0 Å². The van der Waals surface area contributed by atoms with Crippen molar-refractivity contribution < 1.29 is 0 Å². The second-order valence-electron chi connectivity index (χ2n) is 2.37. The number of nitrogens with zero attached hydrogens (tertiary/aromatic N) is 1. The summed E-state index contributed by atoms with van der Waals surface area (Å²) >= 11 is 0. The van der Waals surface area contributed by atoms with Crippen molar-refractivity contribution in [3.8, 4) is 0 Å². The average molecular weight is 112 g/mol. The summed E-state index contributed by atoms with van der Waals surface area (Å²) in [5.41, 5.74) is 5.92. The first-order valence-electron chi connectivity index (χ1n) is 2.84. The fourth-order valence-electron chi connectivity index (χ4n) is 0.896. The van der Waals surface area contributed by atoms with E-state index in [0.29, 0.717) is 0 Å². The van der Waals surface area contributed by atoms with Crippen LogP contribution in [-0.4, -0.2) is 18.6 Å². The summed E-state index contributed by atoms with van der Waals surface area (Å²) in [7, 11) is 2.04. The Balaban J connectivity index is 2.60. The highest BCUT2D eigenvalue weighted by molar-refractivity contribution is 5.13. The van der Waals surface area contributed by atoms with Crippen LogP contribution < -0.4 is 5.43 Å². The zero-order valence-corrected chi connectivity index (χ0v) is 5.65. The van der Waals surface area contributed by atoms with E-state index in [1.807, 2.05) is 7.05 Å². The van der Waals surface area contributed by atoms with Gasteiger partial charge in [-0.15, -0.1) is 0 Å². The van der Waals surface area contributed by atoms with Crippen molar-refractivity contribution in [2.24, 2.45) is 0 Å². The zero-order chi connectivity index (χ0) is 6.15. The maximum atomic E-state index is 3.18. The first-order chi connectivity index (χ1) is 3.70. The number of rotatable bonds is 0. The van der Waals surface area contributed by atoms with Crippen LogP contribution in [-0.2, 0) is 0 Å². The smallest absolute Gasteiger partial charge is 0.0403 e. The normalized spacial score (nSPS) is 21.9. The fourth-order valence-corrected chi connectivity index (χ4v) is 0.896. The van der Waals surface area contributed by atoms with E-state index in [1.165, 1.54) is 11.3 Å². The Morgan fingerprint density at radius 1 is 1.50 bits per heavy atom. The van der Waals surface area contributed by atoms with Gasteiger partial charge in [-0.3, -0.25) is 0 Å². The maximum absolute atomic E-state index is 3.18. The fraction of sp³-hybridized carbons (Fsp3) is 0.667. The van der Waals surface area contributed by atoms with Crippen molar-refractivity contribution in [1.82, 2.24) is 10.4 Å². The van der Waals surface area contributed by atoms with E-state index in [1.54, 1.807) is 0 Å². The molecule has 1 rings (SSSR count). The Kier molecular flexibility index (Phi) is 1.26. The van der Waals surface area contributed by atoms with Gasteiger partial charge in [0.15, 0.2) is 0 Å². The molecule has 0 radical (unpaired) electrons. The minimum Gasteiger partial charge on any atom is -0.323 e. The number of hydrogen-bond donors (Lipinski definition) is 1. The van der Waals surface area contributed by atoms with Crippen molar-refractivity contribution in [1.29, 1.82) is 0 Å². The minimum absolute atomic E-state index is 1.06. The van der Waals surface area contributed by atoms with Gasteiger partial charge < -0.3 is 5.43 Å². The maximum Gasteiger partial charge on any atom is 0.0403 e. The highest BCUT2D eigenvalue weighted by Crippen LogP contribution is 2.07. The molecule has 0 atom stereocenters. The summed E-state index contributed by atoms with van der Waals surface area (Å²) in [6, 6.07) is 0. The topological polar surface area (TPSA) is 15.3 Å². The lowest BCUT2D eigenvalue weighted by Crippen LogP contribution is -2.26. The Hall–Kier alpha value is -0.500. The van der Waals surface area contributed by atoms with Crippen LogP contribution >= 0.6 is 0 Å². The molecule has 0 aromatic heterocycles. The number of hydrazine groups is 1. The Morgan fingerprint density at radius 2 is 2.12 bits per heavy atom. The van der Waals surface area contributed by atoms with Gasteiger partial charge in [-0.2, -0.15) is 0 Å². The molecular formula is C6H12N2. The molecule has 46 valence electrons. The molecule has 0 amide bonds. The largest absolute Gasteiger partial charge is 0.323 e. The van der Waals surface area contributed by atoms with Crippen LogP contribution in [0.15, 0.2) is 11.3 Å². The van der Waals surface area contributed by atoms with Gasteiger partial charge in [-0.05, 0) is 19.4 Å². The summed E-state index contributed by atoms with van der Waals surface area (Å²) in [6.45, 7) is 5.30. The third-order valence-electron chi connectivity index (χ3n) is 1.47. The molecule has 0 saturated heterocycles. The lowest BCUT2D eigenvalue weighted by Gasteiger charge is -2.07. The predicted octanol–water partition coefficient (Wildman–Crippen LogP) is 0.730. The molecule has 8 heavy (non-hydrogen) atoms. The van der Waals surface area contributed by atoms with E-state index in [9.17, 15) is 0 Å². The molecule has 0 aliphatic carbocycles. The molecule has 0 saturated carbocycles. The molecule has 0 aromatic rings. The molecule has 2 heteroatoms. The zero-order valence-electron chi connectivity index (χ0n) is 5.65. The van der Waals surface area contributed by atoms with Gasteiger partial charge in [0.2, 0.25) is 0 Å². The molecule has 1 heterocycles. The van der Waals surface area contributed by atoms with E-state index in [-0.39, 0.29) is 0 Å². The monoisotopic (exact) mass is 112 g/mol. The third-order valence-corrected chi connectivity index (χ3v) is 1.47. The van der Waals surface area contributed by atoms with Crippen LogP contribution in [0, 0.1) is 0 Å². The van der Waals surface area contributed by atoms with Gasteiger partial charge in [0.25, 0.3) is 0 Å². The van der Waals surface area contributed by atoms with E-state index >= 15 is 0 Å². The lowest BCUT2D eigenvalue weighted by atomic mass is 10.3. The van der Waals surface area contributed by atoms with Gasteiger partial charge >= 0.3 is 0 Å². The second-order valence-corrected chi connectivity index (χ2v) is 2.37. The Morgan fingerprint density at radius 3 is 2.25 bits per heavy atom. The van der Waals surface area contributed by atoms with Crippen molar-refractivity contribution >= 4 is 0 Å². The minimum atomic E-state index is 1.06. The summed E-state index contributed by atoms with van der Waals surface area (Å²) in [5.74, 6) is 0. The first-order valence-corrected chi connectivity index (χ1v) is 2.84. The number of hydrogen-bond acceptors (Lipinski definition) is 2. The van der Waals surface area contributed by atoms with Crippen molar-refractivity contribution in [2.45, 2.75) is 13.8 Å². The van der Waals surface area contributed by atoms with Gasteiger partial charge in [0.05, 0.1) is 0 Å². The summed E-state index contributed by atoms with van der Waals surface area (Å²) in [6.07, 6.45) is 0. The van der Waals surface area contributed by atoms with Crippen LogP contribution in [0.5, 0.6) is 0 Å². The summed E-state index contributed by atoms with van der Waals surface area (Å²) in [5, 5.41) is 2.07. The van der Waals surface area contributed by atoms with E-state index in [2.05, 4.69) is 24.3 Å². The molecule has 0 aromatic carbocycles. The van der Waals surface area contributed by atoms with Gasteiger partial charge in [0.1, 0.15) is 0 Å². The van der Waals surface area contributed by atoms with Crippen LogP contribution in [0.1, 0.15) is 13.8 Å². The molecule has 1 aliphatic rings. The highest BCUT2D eigenvalue weighted by Gasteiger charge is 2.08. The number of allylic oxidation sites excluding steroid dienone is 1. The Labute approximate surface area is 50.1 Å². The second kappa shape index (κ2) is 1.78. The molecule has 2 nitrogen and oxygen atoms in total. The van der Waals surface area contributed by atoms with Crippen LogP contribution in [0.2, 0.25) is 0 Å². The third kappa shape index (κ3) is 0.842. The molecule has 0 unspecified atom stereocenters. The molecule has 0 spiro atoms. The first kappa shape index (κ1) is 5.63. The number of likely N-dealkylation sites (N-methyl/N-ethyl adjacent to an activating group) is 1. The molecule has 1 N–H and O–H groups in total. The summed E-state index contributed by atoms with van der Waals surface area (Å²) in [4.78, 5) is 0. The molecule has 0 fully saturated rings. The van der Waals surface area contributed by atoms with E-state index < -0.39 is 0 Å². The van der Waals surface area contributed by atoms with Crippen molar-refractivity contribution in [3.63, 3.8) is 0 Å². The SMILES string of the molecule is CC1=C(C)NN(C)C1. The van der Waals surface area contributed by atoms with Gasteiger partial charge in [-0.25, -0.2) is 5.01 Å². The van der Waals surface area contributed by atoms with Crippen LogP contribution in [0.3, 0.4) is 0 Å². The molecular weight excluding hydrogens is 100 g/mol. The quantitative estimate of drug-likeness (QED) is 0.497. The summed E-state index contributed by atoms with van der Waals surface area (Å²) < 4.78 is 0. The number of nitrogens with one attached hydrogen (secondary N) is 1. The van der Waals surface area contributed by atoms with Crippen molar-refractivity contribution in [2.75, 3.05) is 13.6 Å². The molecule has 0 bridgehead atoms. The standard InChI is InChI=1S/C6H12N2/c1-5-4-8(3)7-6(5)2/h7H,4H2,1-3H3. The van der Waals surface area contributed by atoms with Gasteiger partial charge in [0, 0.05) is 19.3 Å². The van der Waals surface area contributed by atoms with Gasteiger partial charge in [-0.1, -0.05) is 0 Å². The molecule has 1 aliphatic heterocycles. The average Bonchev–Trinajstić information content (AvgIpc) is 1.85. The lowest BCUT2D eigenvalue weighted by molar-refractivity contribution is 0.320. The predicted molar refractivity (Wildman–Crippen MR) is 34.1 cm³/mol. The van der Waals surface area contributed by atoms with Crippen LogP contribution in [0.4, 0.5) is 0 Å².